The van der Waals surface area contributed by atoms with Gasteiger partial charge in [0, 0.05) is 46.3 Å². The molecule has 0 aliphatic carbocycles. The van der Waals surface area contributed by atoms with Crippen LogP contribution in [0.5, 0.6) is 0 Å². The average molecular weight is 431 g/mol. The van der Waals surface area contributed by atoms with Crippen molar-refractivity contribution in [3.8, 4) is 0 Å². The maximum absolute atomic E-state index is 12.7. The highest BCUT2D eigenvalue weighted by molar-refractivity contribution is 7.89. The molecule has 9 heteroatoms. The topological polar surface area (TPSA) is 98.8 Å². The van der Waals surface area contributed by atoms with Gasteiger partial charge >= 0.3 is 6.03 Å². The van der Waals surface area contributed by atoms with Gasteiger partial charge in [-0.1, -0.05) is 30.3 Å². The summed E-state index contributed by atoms with van der Waals surface area (Å²) in [6, 6.07) is 12.0. The van der Waals surface area contributed by atoms with E-state index in [4.69, 9.17) is 0 Å². The van der Waals surface area contributed by atoms with Gasteiger partial charge in [0.05, 0.1) is 4.90 Å². The van der Waals surface area contributed by atoms with Crippen LogP contribution in [0.15, 0.2) is 47.4 Å². The summed E-state index contributed by atoms with van der Waals surface area (Å²) >= 11 is 0. The van der Waals surface area contributed by atoms with Crippen molar-refractivity contribution in [2.45, 2.75) is 31.3 Å². The van der Waals surface area contributed by atoms with Gasteiger partial charge in [-0.25, -0.2) is 17.5 Å². The number of sulfonamides is 1. The first-order valence-electron chi connectivity index (χ1n) is 9.61. The van der Waals surface area contributed by atoms with E-state index in [0.29, 0.717) is 25.1 Å². The Kier molecular flexibility index (Phi) is 6.42. The van der Waals surface area contributed by atoms with Crippen molar-refractivity contribution in [2.75, 3.05) is 26.0 Å². The Morgan fingerprint density at radius 3 is 2.53 bits per heavy atom. The molecular formula is C21H26N4O4S. The predicted molar refractivity (Wildman–Crippen MR) is 114 cm³/mol. The van der Waals surface area contributed by atoms with E-state index in [1.807, 2.05) is 18.2 Å². The summed E-state index contributed by atoms with van der Waals surface area (Å²) < 4.78 is 26.2. The van der Waals surface area contributed by atoms with Crippen LogP contribution in [0.3, 0.4) is 0 Å². The van der Waals surface area contributed by atoms with E-state index in [1.165, 1.54) is 27.1 Å². The average Bonchev–Trinajstić information content (AvgIpc) is 2.71. The second-order valence-corrected chi connectivity index (χ2v) is 9.47. The number of hydrogen-bond acceptors (Lipinski definition) is 4. The van der Waals surface area contributed by atoms with E-state index in [9.17, 15) is 18.0 Å². The first-order chi connectivity index (χ1) is 14.2. The van der Waals surface area contributed by atoms with Gasteiger partial charge in [0.1, 0.15) is 0 Å². The molecule has 160 valence electrons. The van der Waals surface area contributed by atoms with Crippen LogP contribution in [0.2, 0.25) is 0 Å². The minimum atomic E-state index is -3.60. The number of amides is 3. The SMILES string of the molecule is CC(=O)Nc1cccc2c1CCN(C(=O)NCc1ccccc1S(=O)(=O)N(C)C)C2. The van der Waals surface area contributed by atoms with Crippen LogP contribution in [-0.4, -0.2) is 50.2 Å². The van der Waals surface area contributed by atoms with Gasteiger partial charge < -0.3 is 15.5 Å². The molecule has 0 saturated heterocycles. The zero-order valence-electron chi connectivity index (χ0n) is 17.3. The fraction of sp³-hybridized carbons (Fsp3) is 0.333. The van der Waals surface area contributed by atoms with Crippen molar-refractivity contribution in [2.24, 2.45) is 0 Å². The lowest BCUT2D eigenvalue weighted by atomic mass is 9.98. The molecule has 30 heavy (non-hydrogen) atoms. The Labute approximate surface area is 176 Å². The van der Waals surface area contributed by atoms with E-state index in [0.717, 1.165) is 21.1 Å². The van der Waals surface area contributed by atoms with Gasteiger partial charge in [-0.15, -0.1) is 0 Å². The maximum Gasteiger partial charge on any atom is 0.317 e. The number of anilines is 1. The highest BCUT2D eigenvalue weighted by Crippen LogP contribution is 2.26. The molecule has 2 N–H and O–H groups in total. The molecule has 2 aromatic rings. The normalized spacial score (nSPS) is 13.7. The Balaban J connectivity index is 1.70. The molecule has 8 nitrogen and oxygen atoms in total. The van der Waals surface area contributed by atoms with Gasteiger partial charge in [0.2, 0.25) is 15.9 Å². The molecule has 0 aromatic heterocycles. The second kappa shape index (κ2) is 8.85. The van der Waals surface area contributed by atoms with Crippen LogP contribution >= 0.6 is 0 Å². The van der Waals surface area contributed by atoms with Crippen molar-refractivity contribution in [1.29, 1.82) is 0 Å². The summed E-state index contributed by atoms with van der Waals surface area (Å²) in [5.74, 6) is -0.130. The van der Waals surface area contributed by atoms with Crippen LogP contribution in [0.25, 0.3) is 0 Å². The van der Waals surface area contributed by atoms with Crippen LogP contribution in [-0.2, 0) is 34.3 Å². The van der Waals surface area contributed by atoms with Crippen molar-refractivity contribution in [1.82, 2.24) is 14.5 Å². The fourth-order valence-corrected chi connectivity index (χ4v) is 4.59. The molecule has 0 fully saturated rings. The summed E-state index contributed by atoms with van der Waals surface area (Å²) in [6.45, 7) is 2.51. The number of fused-ring (bicyclic) bond motifs is 1. The third-order valence-corrected chi connectivity index (χ3v) is 6.94. The number of nitrogens with one attached hydrogen (secondary N) is 2. The molecule has 0 unspecified atom stereocenters. The monoisotopic (exact) mass is 430 g/mol. The minimum absolute atomic E-state index is 0.108. The van der Waals surface area contributed by atoms with Crippen molar-refractivity contribution in [3.05, 3.63) is 59.2 Å². The van der Waals surface area contributed by atoms with Crippen LogP contribution in [0.4, 0.5) is 10.5 Å². The number of carbonyl (C=O) groups excluding carboxylic acids is 2. The summed E-state index contributed by atoms with van der Waals surface area (Å²) in [4.78, 5) is 26.0. The number of rotatable bonds is 5. The molecule has 1 aliphatic rings. The van der Waals surface area contributed by atoms with E-state index in [2.05, 4.69) is 10.6 Å². The quantitative estimate of drug-likeness (QED) is 0.759. The smallest absolute Gasteiger partial charge is 0.317 e. The van der Waals surface area contributed by atoms with Crippen LogP contribution < -0.4 is 10.6 Å². The molecular weight excluding hydrogens is 404 g/mol. The van der Waals surface area contributed by atoms with Crippen LogP contribution in [0.1, 0.15) is 23.6 Å². The largest absolute Gasteiger partial charge is 0.334 e. The lowest BCUT2D eigenvalue weighted by molar-refractivity contribution is -0.114. The number of benzene rings is 2. The molecule has 3 rings (SSSR count). The number of nitrogens with zero attached hydrogens (tertiary/aromatic N) is 2. The number of carbonyl (C=O) groups is 2. The lowest BCUT2D eigenvalue weighted by Crippen LogP contribution is -2.42. The molecule has 1 heterocycles. The predicted octanol–water partition coefficient (Wildman–Crippen LogP) is 2.16. The van der Waals surface area contributed by atoms with Gasteiger partial charge in [0.15, 0.2) is 0 Å². The van der Waals surface area contributed by atoms with Gasteiger partial charge in [-0.2, -0.15) is 0 Å². The third-order valence-electron chi connectivity index (χ3n) is 5.03. The highest BCUT2D eigenvalue weighted by Gasteiger charge is 2.24. The van der Waals surface area contributed by atoms with Gasteiger partial charge in [0.25, 0.3) is 0 Å². The number of urea groups is 1. The minimum Gasteiger partial charge on any atom is -0.334 e. The molecule has 0 radical (unpaired) electrons. The molecule has 0 atom stereocenters. The molecule has 1 aliphatic heterocycles. The first-order valence-corrected chi connectivity index (χ1v) is 11.1. The maximum atomic E-state index is 12.7. The Hall–Kier alpha value is -2.91. The van der Waals surface area contributed by atoms with Crippen molar-refractivity contribution < 1.29 is 18.0 Å². The zero-order chi connectivity index (χ0) is 21.9. The fourth-order valence-electron chi connectivity index (χ4n) is 3.47. The Bertz CT molecular complexity index is 1070. The van der Waals surface area contributed by atoms with E-state index < -0.39 is 10.0 Å². The molecule has 3 amide bonds. The highest BCUT2D eigenvalue weighted by atomic mass is 32.2. The molecule has 0 bridgehead atoms. The second-order valence-electron chi connectivity index (χ2n) is 7.35. The Morgan fingerprint density at radius 2 is 1.83 bits per heavy atom. The van der Waals surface area contributed by atoms with Gasteiger partial charge in [-0.05, 0) is 35.2 Å². The first kappa shape index (κ1) is 21.8. The van der Waals surface area contributed by atoms with Crippen LogP contribution in [0, 0.1) is 0 Å². The summed E-state index contributed by atoms with van der Waals surface area (Å²) in [7, 11) is -0.647. The molecule has 2 aromatic carbocycles. The van der Waals surface area contributed by atoms with Gasteiger partial charge in [-0.3, -0.25) is 4.79 Å². The molecule has 0 spiro atoms. The summed E-state index contributed by atoms with van der Waals surface area (Å²) in [5.41, 5.74) is 3.34. The van der Waals surface area contributed by atoms with Crippen molar-refractivity contribution in [3.63, 3.8) is 0 Å². The summed E-state index contributed by atoms with van der Waals surface area (Å²) in [5, 5.41) is 5.67. The number of hydrogen-bond donors (Lipinski definition) is 2. The lowest BCUT2D eigenvalue weighted by Gasteiger charge is -2.30. The zero-order valence-corrected chi connectivity index (χ0v) is 18.1. The van der Waals surface area contributed by atoms with Crippen molar-refractivity contribution >= 4 is 27.6 Å². The van der Waals surface area contributed by atoms with E-state index in [1.54, 1.807) is 23.1 Å². The third kappa shape index (κ3) is 4.63. The van der Waals surface area contributed by atoms with E-state index in [-0.39, 0.29) is 23.4 Å². The van der Waals surface area contributed by atoms with E-state index >= 15 is 0 Å². The molecule has 0 saturated carbocycles. The standard InChI is InChI=1S/C21H26N4O4S/c1-15(26)23-19-9-6-8-17-14-25(12-11-18(17)19)21(27)22-13-16-7-4-5-10-20(16)30(28,29)24(2)3/h4-10H,11-14H2,1-3H3,(H,22,27)(H,23,26). The Morgan fingerprint density at radius 1 is 1.10 bits per heavy atom. The summed E-state index contributed by atoms with van der Waals surface area (Å²) in [6.07, 6.45) is 0.630.